The molecule has 2 nitrogen and oxygen atoms in total. The first-order valence-corrected chi connectivity index (χ1v) is 3.71. The van der Waals surface area contributed by atoms with Crippen LogP contribution in [0.2, 0.25) is 0 Å². The van der Waals surface area contributed by atoms with Gasteiger partial charge in [0.15, 0.2) is 0 Å². The highest BCUT2D eigenvalue weighted by molar-refractivity contribution is 5.37. The summed E-state index contributed by atoms with van der Waals surface area (Å²) in [5.74, 6) is 0. The molecule has 0 spiro atoms. The fourth-order valence-corrected chi connectivity index (χ4v) is 0.775. The van der Waals surface area contributed by atoms with Crippen LogP contribution in [0.15, 0.2) is 24.3 Å². The van der Waals surface area contributed by atoms with Gasteiger partial charge in [0.25, 0.3) is 6.47 Å². The second-order valence-corrected chi connectivity index (χ2v) is 2.11. The molecule has 0 fully saturated rings. The van der Waals surface area contributed by atoms with Gasteiger partial charge in [-0.05, 0) is 12.0 Å². The highest BCUT2D eigenvalue weighted by Gasteiger charge is 1.90. The van der Waals surface area contributed by atoms with Gasteiger partial charge < -0.3 is 4.74 Å². The number of ether oxygens (including phenoxy) is 1. The first-order chi connectivity index (χ1) is 5.35. The first kappa shape index (κ1) is 9.95. The van der Waals surface area contributed by atoms with E-state index >= 15 is 0 Å². The fraction of sp³-hybridized carbons (Fsp3) is 0.444. The van der Waals surface area contributed by atoms with Crippen molar-refractivity contribution in [2.75, 3.05) is 6.61 Å². The summed E-state index contributed by atoms with van der Waals surface area (Å²) in [5.41, 5.74) is 1.13. The SMILES string of the molecule is C=C/C(=C\CC)CCOC=O. The Kier molecular flexibility index (Phi) is 6.39. The van der Waals surface area contributed by atoms with E-state index in [9.17, 15) is 4.79 Å². The molecule has 0 rings (SSSR count). The molecule has 0 aromatic carbocycles. The van der Waals surface area contributed by atoms with Crippen LogP contribution in [0.5, 0.6) is 0 Å². The van der Waals surface area contributed by atoms with Crippen molar-refractivity contribution in [3.8, 4) is 0 Å². The van der Waals surface area contributed by atoms with Crippen LogP contribution in [0, 0.1) is 0 Å². The summed E-state index contributed by atoms with van der Waals surface area (Å²) in [4.78, 5) is 9.77. The molecule has 0 amide bonds. The van der Waals surface area contributed by atoms with E-state index in [0.29, 0.717) is 13.1 Å². The van der Waals surface area contributed by atoms with Crippen LogP contribution in [0.1, 0.15) is 19.8 Å². The zero-order chi connectivity index (χ0) is 8.53. The Bertz CT molecular complexity index is 148. The van der Waals surface area contributed by atoms with Crippen LogP contribution in [0.3, 0.4) is 0 Å². The number of allylic oxidation sites excluding steroid dienone is 2. The molecule has 0 atom stereocenters. The third-order valence-corrected chi connectivity index (χ3v) is 1.31. The van der Waals surface area contributed by atoms with Gasteiger partial charge in [0.05, 0.1) is 6.61 Å². The van der Waals surface area contributed by atoms with Gasteiger partial charge in [-0.3, -0.25) is 4.79 Å². The Morgan fingerprint density at radius 3 is 2.82 bits per heavy atom. The molecular weight excluding hydrogens is 140 g/mol. The normalized spacial score (nSPS) is 10.8. The minimum atomic E-state index is 0.446. The molecule has 0 saturated carbocycles. The third-order valence-electron chi connectivity index (χ3n) is 1.31. The van der Waals surface area contributed by atoms with Gasteiger partial charge >= 0.3 is 0 Å². The number of hydrogen-bond acceptors (Lipinski definition) is 2. The Morgan fingerprint density at radius 1 is 1.64 bits per heavy atom. The summed E-state index contributed by atoms with van der Waals surface area (Å²) in [5, 5.41) is 0. The van der Waals surface area contributed by atoms with E-state index in [1.54, 1.807) is 6.08 Å². The lowest BCUT2D eigenvalue weighted by molar-refractivity contribution is -0.128. The van der Waals surface area contributed by atoms with Crippen molar-refractivity contribution in [3.63, 3.8) is 0 Å². The first-order valence-electron chi connectivity index (χ1n) is 3.71. The molecule has 0 saturated heterocycles. The van der Waals surface area contributed by atoms with Gasteiger partial charge in [0, 0.05) is 6.42 Å². The number of carbonyl (C=O) groups is 1. The van der Waals surface area contributed by atoms with Crippen molar-refractivity contribution in [2.45, 2.75) is 19.8 Å². The summed E-state index contributed by atoms with van der Waals surface area (Å²) < 4.78 is 4.54. The van der Waals surface area contributed by atoms with Gasteiger partial charge in [0.2, 0.25) is 0 Å². The average molecular weight is 154 g/mol. The molecule has 0 aliphatic carbocycles. The smallest absolute Gasteiger partial charge is 0.293 e. The van der Waals surface area contributed by atoms with Gasteiger partial charge in [-0.1, -0.05) is 25.7 Å². The molecule has 0 aliphatic heterocycles. The van der Waals surface area contributed by atoms with Crippen molar-refractivity contribution in [3.05, 3.63) is 24.3 Å². The van der Waals surface area contributed by atoms with E-state index in [-0.39, 0.29) is 0 Å². The molecule has 0 unspecified atom stereocenters. The summed E-state index contributed by atoms with van der Waals surface area (Å²) in [6.45, 7) is 6.62. The van der Waals surface area contributed by atoms with Crippen LogP contribution in [0.25, 0.3) is 0 Å². The monoisotopic (exact) mass is 154 g/mol. The second-order valence-electron chi connectivity index (χ2n) is 2.11. The molecule has 0 N–H and O–H groups in total. The topological polar surface area (TPSA) is 26.3 Å². The van der Waals surface area contributed by atoms with Crippen LogP contribution in [-0.4, -0.2) is 13.1 Å². The third kappa shape index (κ3) is 5.40. The summed E-state index contributed by atoms with van der Waals surface area (Å²) in [6.07, 6.45) is 5.61. The van der Waals surface area contributed by atoms with Crippen LogP contribution in [-0.2, 0) is 9.53 Å². The molecule has 0 bridgehead atoms. The Morgan fingerprint density at radius 2 is 2.36 bits per heavy atom. The van der Waals surface area contributed by atoms with E-state index in [0.717, 1.165) is 18.4 Å². The highest BCUT2D eigenvalue weighted by Crippen LogP contribution is 2.03. The quantitative estimate of drug-likeness (QED) is 0.332. The van der Waals surface area contributed by atoms with Gasteiger partial charge in [0.1, 0.15) is 0 Å². The lowest BCUT2D eigenvalue weighted by Gasteiger charge is -1.99. The maximum Gasteiger partial charge on any atom is 0.293 e. The molecule has 62 valence electrons. The van der Waals surface area contributed by atoms with E-state index in [2.05, 4.69) is 24.3 Å². The van der Waals surface area contributed by atoms with Crippen molar-refractivity contribution < 1.29 is 9.53 Å². The molecule has 0 aliphatic rings. The predicted octanol–water partition coefficient (Wildman–Crippen LogP) is 2.07. The standard InChI is InChI=1S/C9H14O2/c1-3-5-9(4-2)6-7-11-8-10/h4-5,8H,2-3,6-7H2,1H3/b9-5+. The Labute approximate surface area is 67.6 Å². The van der Waals surface area contributed by atoms with Crippen LogP contribution < -0.4 is 0 Å². The Balaban J connectivity index is 3.60. The molecule has 2 heteroatoms. The van der Waals surface area contributed by atoms with Gasteiger partial charge in [-0.2, -0.15) is 0 Å². The number of rotatable bonds is 6. The Hall–Kier alpha value is -1.05. The van der Waals surface area contributed by atoms with E-state index in [1.807, 2.05) is 0 Å². The summed E-state index contributed by atoms with van der Waals surface area (Å²) in [7, 11) is 0. The van der Waals surface area contributed by atoms with Crippen molar-refractivity contribution in [2.24, 2.45) is 0 Å². The van der Waals surface area contributed by atoms with Crippen molar-refractivity contribution >= 4 is 6.47 Å². The zero-order valence-electron chi connectivity index (χ0n) is 6.88. The molecule has 0 radical (unpaired) electrons. The zero-order valence-corrected chi connectivity index (χ0v) is 6.88. The minimum Gasteiger partial charge on any atom is -0.468 e. The summed E-state index contributed by atoms with van der Waals surface area (Å²) >= 11 is 0. The van der Waals surface area contributed by atoms with Gasteiger partial charge in [-0.15, -0.1) is 0 Å². The van der Waals surface area contributed by atoms with E-state index < -0.39 is 0 Å². The molecule has 0 aromatic rings. The maximum atomic E-state index is 9.77. The average Bonchev–Trinajstić information content (AvgIpc) is 2.03. The minimum absolute atomic E-state index is 0.446. The van der Waals surface area contributed by atoms with Crippen molar-refractivity contribution in [1.82, 2.24) is 0 Å². The number of carbonyl (C=O) groups excluding carboxylic acids is 1. The molecule has 0 heterocycles. The molecule has 11 heavy (non-hydrogen) atoms. The van der Waals surface area contributed by atoms with Gasteiger partial charge in [-0.25, -0.2) is 0 Å². The van der Waals surface area contributed by atoms with E-state index in [4.69, 9.17) is 0 Å². The lowest BCUT2D eigenvalue weighted by atomic mass is 10.1. The van der Waals surface area contributed by atoms with Crippen LogP contribution in [0.4, 0.5) is 0 Å². The lowest BCUT2D eigenvalue weighted by Crippen LogP contribution is -1.92. The van der Waals surface area contributed by atoms with Crippen molar-refractivity contribution in [1.29, 1.82) is 0 Å². The summed E-state index contributed by atoms with van der Waals surface area (Å²) in [6, 6.07) is 0. The maximum absolute atomic E-state index is 9.77. The molecular formula is C9H14O2. The molecule has 0 aromatic heterocycles. The highest BCUT2D eigenvalue weighted by atomic mass is 16.5. The predicted molar refractivity (Wildman–Crippen MR) is 45.2 cm³/mol. The second kappa shape index (κ2) is 7.06. The van der Waals surface area contributed by atoms with E-state index in [1.165, 1.54) is 0 Å². The number of hydrogen-bond donors (Lipinski definition) is 0. The van der Waals surface area contributed by atoms with Crippen LogP contribution >= 0.6 is 0 Å². The largest absolute Gasteiger partial charge is 0.468 e. The fourth-order valence-electron chi connectivity index (χ4n) is 0.775.